The Kier molecular flexibility index (Phi) is 7.46. The number of nitrogens with zero attached hydrogens (tertiary/aromatic N) is 1. The smallest absolute Gasteiger partial charge is 0.325 e. The number of ether oxygens (including phenoxy) is 1. The van der Waals surface area contributed by atoms with E-state index in [1.54, 1.807) is 19.1 Å². The van der Waals surface area contributed by atoms with Crippen LogP contribution in [-0.2, 0) is 14.3 Å². The molecule has 0 spiro atoms. The van der Waals surface area contributed by atoms with Gasteiger partial charge in [-0.15, -0.1) is 6.58 Å². The van der Waals surface area contributed by atoms with Crippen LogP contribution in [0.3, 0.4) is 0 Å². The first kappa shape index (κ1) is 17.2. The van der Waals surface area contributed by atoms with Crippen molar-refractivity contribution in [2.45, 2.75) is 6.92 Å². The fourth-order valence-corrected chi connectivity index (χ4v) is 1.86. The minimum atomic E-state index is -0.426. The van der Waals surface area contributed by atoms with E-state index in [1.807, 2.05) is 24.3 Å². The average molecular weight is 352 g/mol. The lowest BCUT2D eigenvalue weighted by molar-refractivity contribution is -0.147. The number of rotatable bonds is 7. The molecule has 1 aromatic rings. The van der Waals surface area contributed by atoms with Crippen molar-refractivity contribution in [1.82, 2.24) is 4.90 Å². The van der Waals surface area contributed by atoms with Gasteiger partial charge in [-0.3, -0.25) is 9.59 Å². The van der Waals surface area contributed by atoms with E-state index in [1.165, 1.54) is 11.0 Å². The maximum absolute atomic E-state index is 12.1. The molecule has 4 nitrogen and oxygen atoms in total. The maximum Gasteiger partial charge on any atom is 0.325 e. The van der Waals surface area contributed by atoms with E-state index in [9.17, 15) is 9.59 Å². The molecule has 0 atom stereocenters. The average Bonchev–Trinajstić information content (AvgIpc) is 2.46. The predicted molar refractivity (Wildman–Crippen MR) is 86.6 cm³/mol. The van der Waals surface area contributed by atoms with Gasteiger partial charge in [0.2, 0.25) is 5.91 Å². The van der Waals surface area contributed by atoms with E-state index in [0.29, 0.717) is 13.2 Å². The van der Waals surface area contributed by atoms with Gasteiger partial charge in [0.25, 0.3) is 0 Å². The van der Waals surface area contributed by atoms with Crippen LogP contribution in [0.15, 0.2) is 47.5 Å². The lowest BCUT2D eigenvalue weighted by Crippen LogP contribution is -2.35. The van der Waals surface area contributed by atoms with Crippen LogP contribution in [0.1, 0.15) is 12.5 Å². The van der Waals surface area contributed by atoms with Crippen molar-refractivity contribution < 1.29 is 14.3 Å². The second kappa shape index (κ2) is 9.13. The molecule has 0 aromatic heterocycles. The van der Waals surface area contributed by atoms with Crippen molar-refractivity contribution in [3.05, 3.63) is 53.0 Å². The minimum absolute atomic E-state index is 0.0800. The number of hydrogen-bond donors (Lipinski definition) is 0. The van der Waals surface area contributed by atoms with E-state index in [4.69, 9.17) is 4.74 Å². The van der Waals surface area contributed by atoms with Gasteiger partial charge in [0.05, 0.1) is 6.61 Å². The molecule has 0 aliphatic rings. The van der Waals surface area contributed by atoms with Gasteiger partial charge in [-0.25, -0.2) is 0 Å². The standard InChI is InChI=1S/C16H18BrNO3/c1-3-11-18(12-16(20)21-4-2)15(19)10-7-13-5-8-14(17)9-6-13/h3,5-10H,1,4,11-12H2,2H3/b10-7+. The summed E-state index contributed by atoms with van der Waals surface area (Å²) >= 11 is 3.35. The summed E-state index contributed by atoms with van der Waals surface area (Å²) in [6, 6.07) is 7.56. The van der Waals surface area contributed by atoms with Crippen molar-refractivity contribution in [3.63, 3.8) is 0 Å². The number of carbonyl (C=O) groups is 2. The monoisotopic (exact) mass is 351 g/mol. The molecule has 5 heteroatoms. The molecular formula is C16H18BrNO3. The Hall–Kier alpha value is -1.88. The van der Waals surface area contributed by atoms with Crippen LogP contribution in [0.5, 0.6) is 0 Å². The van der Waals surface area contributed by atoms with Crippen LogP contribution < -0.4 is 0 Å². The molecule has 0 saturated carbocycles. The molecule has 1 aromatic carbocycles. The highest BCUT2D eigenvalue weighted by Crippen LogP contribution is 2.11. The minimum Gasteiger partial charge on any atom is -0.465 e. The van der Waals surface area contributed by atoms with Gasteiger partial charge in [0, 0.05) is 17.1 Å². The van der Waals surface area contributed by atoms with E-state index >= 15 is 0 Å². The van der Waals surface area contributed by atoms with Crippen LogP contribution in [0, 0.1) is 0 Å². The van der Waals surface area contributed by atoms with Gasteiger partial charge >= 0.3 is 5.97 Å². The summed E-state index contributed by atoms with van der Waals surface area (Å²) in [6.45, 7) is 5.83. The SMILES string of the molecule is C=CCN(CC(=O)OCC)C(=O)/C=C/c1ccc(Br)cc1. The molecule has 21 heavy (non-hydrogen) atoms. The largest absolute Gasteiger partial charge is 0.465 e. The third-order valence-electron chi connectivity index (χ3n) is 2.57. The fourth-order valence-electron chi connectivity index (χ4n) is 1.60. The molecule has 1 amide bonds. The summed E-state index contributed by atoms with van der Waals surface area (Å²) in [7, 11) is 0. The summed E-state index contributed by atoms with van der Waals surface area (Å²) in [5, 5.41) is 0. The first-order valence-electron chi connectivity index (χ1n) is 6.56. The topological polar surface area (TPSA) is 46.6 Å². The maximum atomic E-state index is 12.1. The van der Waals surface area contributed by atoms with Gasteiger partial charge in [-0.2, -0.15) is 0 Å². The predicted octanol–water partition coefficient (Wildman–Crippen LogP) is 3.04. The van der Waals surface area contributed by atoms with Crippen molar-refractivity contribution >= 4 is 33.9 Å². The third kappa shape index (κ3) is 6.40. The van der Waals surface area contributed by atoms with Crippen molar-refractivity contribution in [3.8, 4) is 0 Å². The summed E-state index contributed by atoms with van der Waals surface area (Å²) in [6.07, 6.45) is 4.71. The lowest BCUT2D eigenvalue weighted by atomic mass is 10.2. The van der Waals surface area contributed by atoms with E-state index in [2.05, 4.69) is 22.5 Å². The quantitative estimate of drug-likeness (QED) is 0.431. The molecule has 0 N–H and O–H groups in total. The van der Waals surface area contributed by atoms with Crippen molar-refractivity contribution in [1.29, 1.82) is 0 Å². The first-order chi connectivity index (χ1) is 10.1. The van der Waals surface area contributed by atoms with Gasteiger partial charge in [0.15, 0.2) is 0 Å². The van der Waals surface area contributed by atoms with Gasteiger partial charge in [-0.1, -0.05) is 34.1 Å². The van der Waals surface area contributed by atoms with Crippen LogP contribution in [0.25, 0.3) is 6.08 Å². The molecule has 112 valence electrons. The Balaban J connectivity index is 2.69. The molecule has 0 fully saturated rings. The number of amides is 1. The number of carbonyl (C=O) groups excluding carboxylic acids is 2. The Morgan fingerprint density at radius 3 is 2.57 bits per heavy atom. The Morgan fingerprint density at radius 1 is 1.33 bits per heavy atom. The van der Waals surface area contributed by atoms with Crippen LogP contribution in [0.2, 0.25) is 0 Å². The molecular weight excluding hydrogens is 334 g/mol. The van der Waals surface area contributed by atoms with Gasteiger partial charge in [0.1, 0.15) is 6.54 Å². The van der Waals surface area contributed by atoms with Crippen molar-refractivity contribution in [2.75, 3.05) is 19.7 Å². The summed E-state index contributed by atoms with van der Waals surface area (Å²) in [5.74, 6) is -0.685. The van der Waals surface area contributed by atoms with E-state index in [0.717, 1.165) is 10.0 Å². The molecule has 0 aliphatic carbocycles. The van der Waals surface area contributed by atoms with E-state index in [-0.39, 0.29) is 12.5 Å². The zero-order valence-electron chi connectivity index (χ0n) is 11.9. The second-order valence-corrected chi connectivity index (χ2v) is 5.11. The molecule has 1 rings (SSSR count). The second-order valence-electron chi connectivity index (χ2n) is 4.20. The molecule has 0 saturated heterocycles. The molecule has 0 heterocycles. The zero-order valence-corrected chi connectivity index (χ0v) is 13.5. The Labute approximate surface area is 133 Å². The Morgan fingerprint density at radius 2 is 2.00 bits per heavy atom. The van der Waals surface area contributed by atoms with Crippen LogP contribution in [0.4, 0.5) is 0 Å². The zero-order chi connectivity index (χ0) is 15.7. The lowest BCUT2D eigenvalue weighted by Gasteiger charge is -2.18. The number of benzene rings is 1. The fraction of sp³-hybridized carbons (Fsp3) is 0.250. The third-order valence-corrected chi connectivity index (χ3v) is 3.10. The number of esters is 1. The molecule has 0 unspecified atom stereocenters. The molecule has 0 bridgehead atoms. The highest BCUT2D eigenvalue weighted by atomic mass is 79.9. The molecule has 0 aliphatic heterocycles. The number of hydrogen-bond acceptors (Lipinski definition) is 3. The van der Waals surface area contributed by atoms with Gasteiger partial charge < -0.3 is 9.64 Å². The normalized spacial score (nSPS) is 10.4. The summed E-state index contributed by atoms with van der Waals surface area (Å²) in [5.41, 5.74) is 0.904. The highest BCUT2D eigenvalue weighted by Gasteiger charge is 2.14. The summed E-state index contributed by atoms with van der Waals surface area (Å²) < 4.78 is 5.82. The van der Waals surface area contributed by atoms with E-state index < -0.39 is 5.97 Å². The van der Waals surface area contributed by atoms with Crippen LogP contribution in [-0.4, -0.2) is 36.5 Å². The van der Waals surface area contributed by atoms with Crippen LogP contribution >= 0.6 is 15.9 Å². The molecule has 0 radical (unpaired) electrons. The van der Waals surface area contributed by atoms with Gasteiger partial charge in [-0.05, 0) is 30.7 Å². The number of halogens is 1. The Bertz CT molecular complexity index is 523. The highest BCUT2D eigenvalue weighted by molar-refractivity contribution is 9.10. The first-order valence-corrected chi connectivity index (χ1v) is 7.35. The summed E-state index contributed by atoms with van der Waals surface area (Å²) in [4.78, 5) is 24.9. The van der Waals surface area contributed by atoms with Crippen molar-refractivity contribution in [2.24, 2.45) is 0 Å².